The van der Waals surface area contributed by atoms with Gasteiger partial charge in [-0.25, -0.2) is 13.1 Å². The van der Waals surface area contributed by atoms with Crippen LogP contribution in [-0.2, 0) is 37.4 Å². The second kappa shape index (κ2) is 8.35. The van der Waals surface area contributed by atoms with Crippen molar-refractivity contribution in [2.45, 2.75) is 24.9 Å². The summed E-state index contributed by atoms with van der Waals surface area (Å²) >= 11 is 0. The number of hydrogen-bond donors (Lipinski definition) is 2. The van der Waals surface area contributed by atoms with Crippen LogP contribution in [0.1, 0.15) is 22.4 Å². The minimum absolute atomic E-state index is 0.187. The summed E-state index contributed by atoms with van der Waals surface area (Å²) in [4.78, 5) is 24.9. The fraction of sp³-hybridized carbons (Fsp3) is 0.227. The number of carbonyl (C=O) groups excluding carboxylic acids is 2. The first-order valence-electron chi connectivity index (χ1n) is 9.84. The standard InChI is InChI=1S/C22H22N4O4S/c1-15-7-5-6-10-19(15)26-20(17-13-31(29,30)14-18(17)25-26)24-22(28)21(27)23-12-11-16-8-3-2-4-9-16/h2-10H,11-14H2,1H3,(H,23,27)(H,24,28). The molecule has 8 nitrogen and oxygen atoms in total. The van der Waals surface area contributed by atoms with Gasteiger partial charge in [-0.3, -0.25) is 9.59 Å². The normalized spacial score (nSPS) is 14.1. The fourth-order valence-corrected chi connectivity index (χ4v) is 5.05. The first-order chi connectivity index (χ1) is 14.8. The number of para-hydroxylation sites is 1. The number of nitrogens with zero attached hydrogens (tertiary/aromatic N) is 2. The van der Waals surface area contributed by atoms with Gasteiger partial charge in [0.25, 0.3) is 0 Å². The maximum absolute atomic E-state index is 12.6. The van der Waals surface area contributed by atoms with Crippen LogP contribution in [0.3, 0.4) is 0 Å². The van der Waals surface area contributed by atoms with Gasteiger partial charge in [-0.05, 0) is 30.5 Å². The zero-order chi connectivity index (χ0) is 22.0. The number of carbonyl (C=O) groups is 2. The zero-order valence-corrected chi connectivity index (χ0v) is 17.8. The summed E-state index contributed by atoms with van der Waals surface area (Å²) in [5, 5.41) is 9.61. The van der Waals surface area contributed by atoms with Crippen LogP contribution < -0.4 is 10.6 Å². The first-order valence-corrected chi connectivity index (χ1v) is 11.7. The Kier molecular flexibility index (Phi) is 5.60. The smallest absolute Gasteiger partial charge is 0.314 e. The van der Waals surface area contributed by atoms with Gasteiger partial charge in [0.2, 0.25) is 0 Å². The molecule has 0 saturated carbocycles. The molecule has 0 atom stereocenters. The van der Waals surface area contributed by atoms with E-state index >= 15 is 0 Å². The molecule has 0 fully saturated rings. The van der Waals surface area contributed by atoms with Crippen LogP contribution >= 0.6 is 0 Å². The molecule has 0 aliphatic carbocycles. The molecular formula is C22H22N4O4S. The number of nitrogens with one attached hydrogen (secondary N) is 2. The fourth-order valence-electron chi connectivity index (χ4n) is 3.56. The van der Waals surface area contributed by atoms with E-state index in [1.165, 1.54) is 4.68 Å². The molecular weight excluding hydrogens is 416 g/mol. The van der Waals surface area contributed by atoms with Crippen LogP contribution in [0.4, 0.5) is 5.82 Å². The SMILES string of the molecule is Cc1ccccc1-n1nc2c(c1NC(=O)C(=O)NCCc1ccccc1)CS(=O)(=O)C2. The van der Waals surface area contributed by atoms with Gasteiger partial charge in [-0.1, -0.05) is 48.5 Å². The molecule has 2 amide bonds. The van der Waals surface area contributed by atoms with Gasteiger partial charge in [0.05, 0.1) is 22.9 Å². The van der Waals surface area contributed by atoms with Gasteiger partial charge in [0.1, 0.15) is 5.82 Å². The van der Waals surface area contributed by atoms with Crippen LogP contribution in [0.25, 0.3) is 5.69 Å². The van der Waals surface area contributed by atoms with E-state index < -0.39 is 21.7 Å². The van der Waals surface area contributed by atoms with Gasteiger partial charge in [0.15, 0.2) is 9.84 Å². The highest BCUT2D eigenvalue weighted by Crippen LogP contribution is 2.33. The summed E-state index contributed by atoms with van der Waals surface area (Å²) in [5.41, 5.74) is 3.46. The number of sulfone groups is 1. The van der Waals surface area contributed by atoms with Crippen molar-refractivity contribution < 1.29 is 18.0 Å². The molecule has 0 bridgehead atoms. The molecule has 0 spiro atoms. The van der Waals surface area contributed by atoms with E-state index in [1.54, 1.807) is 0 Å². The molecule has 9 heteroatoms. The first kappa shape index (κ1) is 20.8. The van der Waals surface area contributed by atoms with Gasteiger partial charge >= 0.3 is 11.8 Å². The highest BCUT2D eigenvalue weighted by Gasteiger charge is 2.34. The number of amides is 2. The molecule has 4 rings (SSSR count). The lowest BCUT2D eigenvalue weighted by atomic mass is 10.1. The van der Waals surface area contributed by atoms with Crippen molar-refractivity contribution in [3.05, 3.63) is 77.0 Å². The monoisotopic (exact) mass is 438 g/mol. The van der Waals surface area contributed by atoms with Crippen molar-refractivity contribution in [1.29, 1.82) is 0 Å². The molecule has 0 saturated heterocycles. The molecule has 0 unspecified atom stereocenters. The van der Waals surface area contributed by atoms with Crippen molar-refractivity contribution in [3.8, 4) is 5.69 Å². The topological polar surface area (TPSA) is 110 Å². The van der Waals surface area contributed by atoms with E-state index in [2.05, 4.69) is 15.7 Å². The molecule has 1 aromatic heterocycles. The number of anilines is 1. The zero-order valence-electron chi connectivity index (χ0n) is 17.0. The molecule has 1 aliphatic heterocycles. The Morgan fingerprint density at radius 1 is 1.00 bits per heavy atom. The third-order valence-electron chi connectivity index (χ3n) is 5.11. The number of hydrogen-bond acceptors (Lipinski definition) is 5. The average molecular weight is 439 g/mol. The Morgan fingerprint density at radius 2 is 1.71 bits per heavy atom. The van der Waals surface area contributed by atoms with E-state index in [0.29, 0.717) is 29.9 Å². The molecule has 160 valence electrons. The Morgan fingerprint density at radius 3 is 2.45 bits per heavy atom. The highest BCUT2D eigenvalue weighted by molar-refractivity contribution is 7.90. The molecule has 3 aromatic rings. The summed E-state index contributed by atoms with van der Waals surface area (Å²) in [6.07, 6.45) is 0.592. The van der Waals surface area contributed by atoms with E-state index in [9.17, 15) is 18.0 Å². The van der Waals surface area contributed by atoms with E-state index in [0.717, 1.165) is 11.1 Å². The predicted octanol–water partition coefficient (Wildman–Crippen LogP) is 1.91. The third kappa shape index (κ3) is 4.51. The van der Waals surface area contributed by atoms with Gasteiger partial charge in [0, 0.05) is 12.1 Å². The van der Waals surface area contributed by atoms with Crippen molar-refractivity contribution in [3.63, 3.8) is 0 Å². The molecule has 0 radical (unpaired) electrons. The summed E-state index contributed by atoms with van der Waals surface area (Å²) in [6.45, 7) is 2.20. The van der Waals surface area contributed by atoms with Gasteiger partial charge in [-0.2, -0.15) is 5.10 Å². The maximum atomic E-state index is 12.6. The van der Waals surface area contributed by atoms with Crippen LogP contribution in [-0.4, -0.2) is 36.6 Å². The summed E-state index contributed by atoms with van der Waals surface area (Å²) in [7, 11) is -3.32. The minimum Gasteiger partial charge on any atom is -0.347 e. The Balaban J connectivity index is 1.54. The van der Waals surface area contributed by atoms with Crippen molar-refractivity contribution >= 4 is 27.5 Å². The Hall–Kier alpha value is -3.46. The lowest BCUT2D eigenvalue weighted by Gasteiger charge is -2.13. The molecule has 31 heavy (non-hydrogen) atoms. The quantitative estimate of drug-likeness (QED) is 0.592. The van der Waals surface area contributed by atoms with Crippen molar-refractivity contribution in [1.82, 2.24) is 15.1 Å². The van der Waals surface area contributed by atoms with Gasteiger partial charge in [-0.15, -0.1) is 0 Å². The predicted molar refractivity (Wildman–Crippen MR) is 116 cm³/mol. The van der Waals surface area contributed by atoms with Crippen molar-refractivity contribution in [2.75, 3.05) is 11.9 Å². The van der Waals surface area contributed by atoms with Crippen molar-refractivity contribution in [2.24, 2.45) is 0 Å². The van der Waals surface area contributed by atoms with Crippen LogP contribution in [0.5, 0.6) is 0 Å². The lowest BCUT2D eigenvalue weighted by Crippen LogP contribution is -2.37. The number of aromatic nitrogens is 2. The van der Waals surface area contributed by atoms with Crippen LogP contribution in [0.15, 0.2) is 54.6 Å². The number of fused-ring (bicyclic) bond motifs is 1. The lowest BCUT2D eigenvalue weighted by molar-refractivity contribution is -0.136. The number of rotatable bonds is 5. The third-order valence-corrected chi connectivity index (χ3v) is 6.55. The molecule has 2 N–H and O–H groups in total. The van der Waals surface area contributed by atoms with Crippen LogP contribution in [0.2, 0.25) is 0 Å². The molecule has 2 heterocycles. The second-order valence-electron chi connectivity index (χ2n) is 7.45. The summed E-state index contributed by atoms with van der Waals surface area (Å²) < 4.78 is 25.6. The van der Waals surface area contributed by atoms with Crippen LogP contribution in [0, 0.1) is 6.92 Å². The summed E-state index contributed by atoms with van der Waals surface area (Å²) in [5.74, 6) is -1.85. The van der Waals surface area contributed by atoms with Gasteiger partial charge < -0.3 is 10.6 Å². The molecule has 2 aromatic carbocycles. The Bertz CT molecular complexity index is 1250. The van der Waals surface area contributed by atoms with E-state index in [-0.39, 0.29) is 17.3 Å². The second-order valence-corrected chi connectivity index (χ2v) is 9.51. The molecule has 1 aliphatic rings. The largest absolute Gasteiger partial charge is 0.347 e. The van der Waals surface area contributed by atoms with E-state index in [4.69, 9.17) is 0 Å². The summed E-state index contributed by atoms with van der Waals surface area (Å²) in [6, 6.07) is 17.0. The number of aryl methyl sites for hydroxylation is 1. The van der Waals surface area contributed by atoms with E-state index in [1.807, 2.05) is 61.5 Å². The Labute approximate surface area is 180 Å². The maximum Gasteiger partial charge on any atom is 0.314 e. The highest BCUT2D eigenvalue weighted by atomic mass is 32.2. The number of benzene rings is 2. The minimum atomic E-state index is -3.32. The average Bonchev–Trinajstić information content (AvgIpc) is 3.21.